The maximum Gasteiger partial charge on any atom is 0.119 e. The van der Waals surface area contributed by atoms with Gasteiger partial charge in [-0.15, -0.1) is 23.2 Å². The van der Waals surface area contributed by atoms with E-state index in [2.05, 4.69) is 0 Å². The average molecular weight is 331 g/mol. The number of ether oxygens (including phenoxy) is 2. The lowest BCUT2D eigenvalue weighted by Gasteiger charge is -2.01. The van der Waals surface area contributed by atoms with Crippen LogP contribution in [0.3, 0.4) is 0 Å². The number of alkyl halides is 2. The fraction of sp³-hybridized carbons (Fsp3) is 0.250. The summed E-state index contributed by atoms with van der Waals surface area (Å²) in [6.45, 7) is 1.15. The fourth-order valence-corrected chi connectivity index (χ4v) is 1.50. The third-order valence-corrected chi connectivity index (χ3v) is 2.49. The van der Waals surface area contributed by atoms with Gasteiger partial charge in [-0.1, -0.05) is 36.4 Å². The monoisotopic (exact) mass is 330 g/mol. The first-order valence-electron chi connectivity index (χ1n) is 6.34. The predicted octanol–water partition coefficient (Wildman–Crippen LogP) is 3.78. The molecule has 21 heavy (non-hydrogen) atoms. The summed E-state index contributed by atoms with van der Waals surface area (Å²) in [5.41, 5.74) is 0. The maximum absolute atomic E-state index is 5.43. The van der Waals surface area contributed by atoms with Gasteiger partial charge in [-0.2, -0.15) is 0 Å². The molecule has 2 aromatic carbocycles. The van der Waals surface area contributed by atoms with Crippen molar-refractivity contribution in [2.24, 2.45) is 0 Å². The minimum atomic E-state index is 0. The van der Waals surface area contributed by atoms with Crippen LogP contribution >= 0.6 is 23.2 Å². The summed E-state index contributed by atoms with van der Waals surface area (Å²) in [5.74, 6) is 2.83. The molecule has 0 aliphatic heterocycles. The van der Waals surface area contributed by atoms with Crippen molar-refractivity contribution in [1.82, 2.24) is 0 Å². The highest BCUT2D eigenvalue weighted by Gasteiger charge is 1.88. The lowest BCUT2D eigenvalue weighted by molar-refractivity contribution is 0.342. The number of hydrogen-bond donors (Lipinski definition) is 0. The Kier molecular flexibility index (Phi) is 12.6. The Labute approximate surface area is 135 Å². The standard InChI is InChI=1S/2C8H9ClO.H2O/c2*9-6-7-10-8-4-2-1-3-5-8;/h2*1-5H,6-7H2;1H2. The number of rotatable bonds is 6. The predicted molar refractivity (Wildman–Crippen MR) is 88.9 cm³/mol. The third-order valence-electron chi connectivity index (χ3n) is 2.18. The lowest BCUT2D eigenvalue weighted by Crippen LogP contribution is -1.96. The molecule has 0 radical (unpaired) electrons. The van der Waals surface area contributed by atoms with Gasteiger partial charge in [-0.05, 0) is 24.3 Å². The van der Waals surface area contributed by atoms with Crippen LogP contribution in [0.2, 0.25) is 0 Å². The molecule has 0 heterocycles. The molecule has 0 aliphatic carbocycles. The van der Waals surface area contributed by atoms with Crippen molar-refractivity contribution in [3.05, 3.63) is 60.7 Å². The third kappa shape index (κ3) is 10.0. The van der Waals surface area contributed by atoms with E-state index in [1.54, 1.807) is 0 Å². The molecule has 0 saturated carbocycles. The van der Waals surface area contributed by atoms with Gasteiger partial charge in [0.15, 0.2) is 0 Å². The van der Waals surface area contributed by atoms with E-state index in [0.29, 0.717) is 25.0 Å². The number of halogens is 2. The van der Waals surface area contributed by atoms with E-state index in [1.165, 1.54) is 0 Å². The summed E-state index contributed by atoms with van der Waals surface area (Å²) in [6, 6.07) is 19.3. The molecule has 0 bridgehead atoms. The van der Waals surface area contributed by atoms with Gasteiger partial charge >= 0.3 is 0 Å². The van der Waals surface area contributed by atoms with Crippen molar-refractivity contribution in [2.75, 3.05) is 25.0 Å². The molecule has 0 fully saturated rings. The number of para-hydroxylation sites is 2. The van der Waals surface area contributed by atoms with Gasteiger partial charge in [0.05, 0.1) is 11.8 Å². The molecule has 0 unspecified atom stereocenters. The number of benzene rings is 2. The summed E-state index contributed by atoms with van der Waals surface area (Å²) < 4.78 is 10.4. The summed E-state index contributed by atoms with van der Waals surface area (Å²) in [4.78, 5) is 0. The fourth-order valence-electron chi connectivity index (χ4n) is 1.35. The summed E-state index contributed by atoms with van der Waals surface area (Å²) in [7, 11) is 0. The van der Waals surface area contributed by atoms with E-state index in [4.69, 9.17) is 32.7 Å². The Morgan fingerprint density at radius 3 is 1.24 bits per heavy atom. The van der Waals surface area contributed by atoms with Crippen LogP contribution in [0.4, 0.5) is 0 Å². The van der Waals surface area contributed by atoms with Gasteiger partial charge in [-0.3, -0.25) is 0 Å². The van der Waals surface area contributed by atoms with Crippen LogP contribution in [0.1, 0.15) is 0 Å². The molecule has 2 aromatic rings. The van der Waals surface area contributed by atoms with Crippen LogP contribution in [-0.2, 0) is 0 Å². The molecule has 3 nitrogen and oxygen atoms in total. The minimum absolute atomic E-state index is 0. The van der Waals surface area contributed by atoms with Crippen molar-refractivity contribution in [3.63, 3.8) is 0 Å². The molecule has 0 saturated heterocycles. The van der Waals surface area contributed by atoms with Crippen LogP contribution in [0, 0.1) is 0 Å². The highest BCUT2D eigenvalue weighted by molar-refractivity contribution is 6.18. The zero-order chi connectivity index (χ0) is 14.5. The van der Waals surface area contributed by atoms with Crippen LogP contribution in [0.5, 0.6) is 11.5 Å². The molecule has 0 amide bonds. The topological polar surface area (TPSA) is 50.0 Å². The summed E-state index contributed by atoms with van der Waals surface area (Å²) in [5, 5.41) is 0. The van der Waals surface area contributed by atoms with Crippen LogP contribution in [-0.4, -0.2) is 30.4 Å². The van der Waals surface area contributed by atoms with Gasteiger partial charge in [0.2, 0.25) is 0 Å². The zero-order valence-corrected chi connectivity index (χ0v) is 13.2. The molecular weight excluding hydrogens is 311 g/mol. The van der Waals surface area contributed by atoms with E-state index < -0.39 is 0 Å². The normalized spacial score (nSPS) is 8.86. The van der Waals surface area contributed by atoms with Crippen molar-refractivity contribution in [3.8, 4) is 11.5 Å². The average Bonchev–Trinajstić information content (AvgIpc) is 2.53. The largest absolute Gasteiger partial charge is 0.492 e. The molecular formula is C16H20Cl2O3. The molecule has 2 rings (SSSR count). The Balaban J connectivity index is 0.000000364. The quantitative estimate of drug-likeness (QED) is 0.756. The molecule has 0 spiro atoms. The minimum Gasteiger partial charge on any atom is -0.492 e. The molecule has 0 aliphatic rings. The highest BCUT2D eigenvalue weighted by atomic mass is 35.5. The van der Waals surface area contributed by atoms with Gasteiger partial charge in [0, 0.05) is 0 Å². The smallest absolute Gasteiger partial charge is 0.119 e. The second kappa shape index (κ2) is 13.6. The summed E-state index contributed by atoms with van der Waals surface area (Å²) >= 11 is 10.9. The molecule has 0 atom stereocenters. The van der Waals surface area contributed by atoms with Crippen molar-refractivity contribution in [2.45, 2.75) is 0 Å². The zero-order valence-electron chi connectivity index (χ0n) is 11.7. The number of hydrogen-bond acceptors (Lipinski definition) is 2. The Hall–Kier alpha value is -1.42. The molecule has 0 aromatic heterocycles. The maximum atomic E-state index is 5.43. The van der Waals surface area contributed by atoms with E-state index >= 15 is 0 Å². The van der Waals surface area contributed by atoms with E-state index in [1.807, 2.05) is 60.7 Å². The lowest BCUT2D eigenvalue weighted by atomic mass is 10.3. The van der Waals surface area contributed by atoms with Crippen LogP contribution in [0.25, 0.3) is 0 Å². The van der Waals surface area contributed by atoms with Crippen molar-refractivity contribution < 1.29 is 14.9 Å². The first-order chi connectivity index (χ1) is 9.86. The van der Waals surface area contributed by atoms with E-state index in [9.17, 15) is 0 Å². The first kappa shape index (κ1) is 19.6. The van der Waals surface area contributed by atoms with Gasteiger partial charge in [0.25, 0.3) is 0 Å². The second-order valence-electron chi connectivity index (χ2n) is 3.70. The van der Waals surface area contributed by atoms with E-state index in [-0.39, 0.29) is 5.48 Å². The highest BCUT2D eigenvalue weighted by Crippen LogP contribution is 2.08. The van der Waals surface area contributed by atoms with Crippen LogP contribution < -0.4 is 9.47 Å². The molecule has 116 valence electrons. The first-order valence-corrected chi connectivity index (χ1v) is 7.41. The van der Waals surface area contributed by atoms with Gasteiger partial charge < -0.3 is 14.9 Å². The second-order valence-corrected chi connectivity index (χ2v) is 4.46. The van der Waals surface area contributed by atoms with Gasteiger partial charge in [-0.25, -0.2) is 0 Å². The van der Waals surface area contributed by atoms with E-state index in [0.717, 1.165) is 11.5 Å². The molecule has 2 N–H and O–H groups in total. The Morgan fingerprint density at radius 1 is 0.619 bits per heavy atom. The Bertz CT molecular complexity index is 394. The van der Waals surface area contributed by atoms with Crippen molar-refractivity contribution >= 4 is 23.2 Å². The van der Waals surface area contributed by atoms with Gasteiger partial charge in [0.1, 0.15) is 24.7 Å². The van der Waals surface area contributed by atoms with Crippen LogP contribution in [0.15, 0.2) is 60.7 Å². The molecule has 5 heteroatoms. The Morgan fingerprint density at radius 2 is 0.952 bits per heavy atom. The summed E-state index contributed by atoms with van der Waals surface area (Å²) in [6.07, 6.45) is 0. The SMILES string of the molecule is ClCCOc1ccccc1.ClCCOc1ccccc1.O. The van der Waals surface area contributed by atoms with Crippen molar-refractivity contribution in [1.29, 1.82) is 0 Å².